The number of pyridine rings is 1. The number of piperidine rings is 1. The number of anilines is 1. The van der Waals surface area contributed by atoms with E-state index >= 15 is 0 Å². The van der Waals surface area contributed by atoms with E-state index in [4.69, 9.17) is 0 Å². The standard InChI is InChI=1S/C14H15BrN2O2/c15-10-3-4-11(16-9-10)17-12(18)7-14(8-13(17)19)5-1-2-6-14/h3-4,9H,1-2,5-8H2. The van der Waals surface area contributed by atoms with E-state index in [1.807, 2.05) is 0 Å². The van der Waals surface area contributed by atoms with E-state index in [-0.39, 0.29) is 17.2 Å². The van der Waals surface area contributed by atoms with Crippen molar-refractivity contribution in [3.8, 4) is 0 Å². The first-order valence-electron chi connectivity index (χ1n) is 6.57. The Balaban J connectivity index is 1.86. The van der Waals surface area contributed by atoms with Crippen LogP contribution >= 0.6 is 15.9 Å². The molecular formula is C14H15BrN2O2. The fraction of sp³-hybridized carbons (Fsp3) is 0.500. The summed E-state index contributed by atoms with van der Waals surface area (Å²) in [7, 11) is 0. The van der Waals surface area contributed by atoms with Gasteiger partial charge in [0.2, 0.25) is 11.8 Å². The van der Waals surface area contributed by atoms with Crippen molar-refractivity contribution >= 4 is 33.6 Å². The van der Waals surface area contributed by atoms with Crippen LogP contribution in [-0.4, -0.2) is 16.8 Å². The second kappa shape index (κ2) is 4.71. The van der Waals surface area contributed by atoms with Crippen LogP contribution in [0.2, 0.25) is 0 Å². The highest BCUT2D eigenvalue weighted by Gasteiger charge is 2.45. The van der Waals surface area contributed by atoms with Crippen molar-refractivity contribution in [2.24, 2.45) is 5.41 Å². The lowest BCUT2D eigenvalue weighted by atomic mass is 9.76. The van der Waals surface area contributed by atoms with Crippen LogP contribution in [0.4, 0.5) is 5.82 Å². The van der Waals surface area contributed by atoms with E-state index in [9.17, 15) is 9.59 Å². The molecule has 0 aromatic carbocycles. The summed E-state index contributed by atoms with van der Waals surface area (Å²) in [5, 5.41) is 0. The van der Waals surface area contributed by atoms with Crippen LogP contribution < -0.4 is 4.90 Å². The summed E-state index contributed by atoms with van der Waals surface area (Å²) < 4.78 is 0.834. The minimum absolute atomic E-state index is 0.0555. The number of hydrogen-bond acceptors (Lipinski definition) is 3. The second-order valence-corrected chi connectivity index (χ2v) is 6.43. The van der Waals surface area contributed by atoms with Gasteiger partial charge in [0.15, 0.2) is 0 Å². The quantitative estimate of drug-likeness (QED) is 0.747. The molecule has 100 valence electrons. The Morgan fingerprint density at radius 2 is 1.74 bits per heavy atom. The fourth-order valence-electron chi connectivity index (χ4n) is 3.24. The Morgan fingerprint density at radius 3 is 2.26 bits per heavy atom. The van der Waals surface area contributed by atoms with Gasteiger partial charge < -0.3 is 0 Å². The van der Waals surface area contributed by atoms with Gasteiger partial charge in [-0.2, -0.15) is 0 Å². The maximum Gasteiger partial charge on any atom is 0.235 e. The first-order valence-corrected chi connectivity index (χ1v) is 7.36. The van der Waals surface area contributed by atoms with Crippen molar-refractivity contribution < 1.29 is 9.59 Å². The molecule has 3 rings (SSSR count). The molecule has 0 bridgehead atoms. The van der Waals surface area contributed by atoms with Crippen LogP contribution in [0.25, 0.3) is 0 Å². The molecule has 1 spiro atoms. The third-order valence-corrected chi connectivity index (χ3v) is 4.63. The first kappa shape index (κ1) is 12.8. The average Bonchev–Trinajstić information content (AvgIpc) is 2.78. The van der Waals surface area contributed by atoms with Crippen molar-refractivity contribution in [3.63, 3.8) is 0 Å². The number of amides is 2. The van der Waals surface area contributed by atoms with E-state index in [0.717, 1.165) is 30.2 Å². The SMILES string of the molecule is O=C1CC2(CCCC2)CC(=O)N1c1ccc(Br)cn1. The van der Waals surface area contributed by atoms with E-state index in [1.165, 1.54) is 4.90 Å². The summed E-state index contributed by atoms with van der Waals surface area (Å²) in [5.41, 5.74) is -0.0555. The average molecular weight is 323 g/mol. The molecule has 1 saturated heterocycles. The van der Waals surface area contributed by atoms with Crippen LogP contribution in [0.5, 0.6) is 0 Å². The molecule has 1 aliphatic carbocycles. The monoisotopic (exact) mass is 322 g/mol. The molecule has 1 saturated carbocycles. The number of carbonyl (C=O) groups is 2. The number of aromatic nitrogens is 1. The smallest absolute Gasteiger partial charge is 0.235 e. The van der Waals surface area contributed by atoms with Crippen molar-refractivity contribution in [1.29, 1.82) is 0 Å². The summed E-state index contributed by atoms with van der Waals surface area (Å²) in [6.07, 6.45) is 6.86. The molecule has 0 N–H and O–H groups in total. The normalized spacial score (nSPS) is 22.3. The number of rotatable bonds is 1. The largest absolute Gasteiger partial charge is 0.274 e. The first-order chi connectivity index (χ1) is 9.10. The van der Waals surface area contributed by atoms with E-state index in [0.29, 0.717) is 18.7 Å². The van der Waals surface area contributed by atoms with Crippen LogP contribution in [0.3, 0.4) is 0 Å². The van der Waals surface area contributed by atoms with Crippen molar-refractivity contribution in [1.82, 2.24) is 4.98 Å². The molecule has 2 aliphatic rings. The number of hydrogen-bond donors (Lipinski definition) is 0. The zero-order chi connectivity index (χ0) is 13.5. The van der Waals surface area contributed by atoms with Gasteiger partial charge in [-0.05, 0) is 46.3 Å². The number of carbonyl (C=O) groups excluding carboxylic acids is 2. The maximum atomic E-state index is 12.3. The molecule has 0 unspecified atom stereocenters. The lowest BCUT2D eigenvalue weighted by molar-refractivity contribution is -0.133. The van der Waals surface area contributed by atoms with Gasteiger partial charge in [-0.3, -0.25) is 9.59 Å². The zero-order valence-electron chi connectivity index (χ0n) is 10.6. The van der Waals surface area contributed by atoms with Gasteiger partial charge in [-0.25, -0.2) is 9.88 Å². The number of nitrogens with zero attached hydrogens (tertiary/aromatic N) is 2. The van der Waals surface area contributed by atoms with Gasteiger partial charge in [-0.15, -0.1) is 0 Å². The summed E-state index contributed by atoms with van der Waals surface area (Å²) in [4.78, 5) is 30.0. The van der Waals surface area contributed by atoms with Gasteiger partial charge >= 0.3 is 0 Å². The highest BCUT2D eigenvalue weighted by Crippen LogP contribution is 2.47. The fourth-order valence-corrected chi connectivity index (χ4v) is 3.47. The van der Waals surface area contributed by atoms with Crippen molar-refractivity contribution in [2.75, 3.05) is 4.90 Å². The predicted molar refractivity (Wildman–Crippen MR) is 74.6 cm³/mol. The number of halogens is 1. The lowest BCUT2D eigenvalue weighted by Gasteiger charge is -2.36. The summed E-state index contributed by atoms with van der Waals surface area (Å²) in [6, 6.07) is 3.50. The van der Waals surface area contributed by atoms with E-state index in [1.54, 1.807) is 18.3 Å². The van der Waals surface area contributed by atoms with Crippen molar-refractivity contribution in [2.45, 2.75) is 38.5 Å². The molecular weight excluding hydrogens is 308 g/mol. The molecule has 2 heterocycles. The highest BCUT2D eigenvalue weighted by molar-refractivity contribution is 9.10. The van der Waals surface area contributed by atoms with E-state index < -0.39 is 0 Å². The Hall–Kier alpha value is -1.23. The Kier molecular flexibility index (Phi) is 3.17. The summed E-state index contributed by atoms with van der Waals surface area (Å²) >= 11 is 3.30. The third-order valence-electron chi connectivity index (χ3n) is 4.16. The van der Waals surface area contributed by atoms with Crippen LogP contribution in [0, 0.1) is 5.41 Å². The molecule has 1 aromatic heterocycles. The highest BCUT2D eigenvalue weighted by atomic mass is 79.9. The molecule has 0 atom stereocenters. The molecule has 1 aliphatic heterocycles. The minimum atomic E-state index is -0.104. The molecule has 2 amide bonds. The zero-order valence-corrected chi connectivity index (χ0v) is 12.1. The molecule has 19 heavy (non-hydrogen) atoms. The minimum Gasteiger partial charge on any atom is -0.274 e. The van der Waals surface area contributed by atoms with Crippen LogP contribution in [-0.2, 0) is 9.59 Å². The Bertz CT molecular complexity index is 501. The second-order valence-electron chi connectivity index (χ2n) is 5.52. The molecule has 1 aromatic rings. The molecule has 0 radical (unpaired) electrons. The lowest BCUT2D eigenvalue weighted by Crippen LogP contribution is -2.47. The third kappa shape index (κ3) is 2.31. The topological polar surface area (TPSA) is 50.3 Å². The van der Waals surface area contributed by atoms with Gasteiger partial charge in [0.1, 0.15) is 5.82 Å². The van der Waals surface area contributed by atoms with Gasteiger partial charge in [0.25, 0.3) is 0 Å². The number of imide groups is 1. The molecule has 5 heteroatoms. The van der Waals surface area contributed by atoms with Gasteiger partial charge in [0.05, 0.1) is 0 Å². The maximum absolute atomic E-state index is 12.3. The predicted octanol–water partition coefficient (Wildman–Crippen LogP) is 3.06. The van der Waals surface area contributed by atoms with Crippen LogP contribution in [0.15, 0.2) is 22.8 Å². The van der Waals surface area contributed by atoms with Gasteiger partial charge in [0, 0.05) is 23.5 Å². The summed E-state index contributed by atoms with van der Waals surface area (Å²) in [5.74, 6) is 0.229. The molecule has 2 fully saturated rings. The molecule has 4 nitrogen and oxygen atoms in total. The van der Waals surface area contributed by atoms with Crippen molar-refractivity contribution in [3.05, 3.63) is 22.8 Å². The Morgan fingerprint density at radius 1 is 1.11 bits per heavy atom. The Labute approximate surface area is 120 Å². The van der Waals surface area contributed by atoms with Crippen LogP contribution in [0.1, 0.15) is 38.5 Å². The van der Waals surface area contributed by atoms with Gasteiger partial charge in [-0.1, -0.05) is 12.8 Å². The van der Waals surface area contributed by atoms with E-state index in [2.05, 4.69) is 20.9 Å². The summed E-state index contributed by atoms with van der Waals surface area (Å²) in [6.45, 7) is 0.